The molecule has 36 heavy (non-hydrogen) atoms. The maximum absolute atomic E-state index is 13.5. The largest absolute Gasteiger partial charge is 0.340 e. The second kappa shape index (κ2) is 10.2. The molecular weight excluding hydrogens is 512 g/mol. The van der Waals surface area contributed by atoms with Gasteiger partial charge in [-0.05, 0) is 50.1 Å². The van der Waals surface area contributed by atoms with E-state index in [1.54, 1.807) is 0 Å². The summed E-state index contributed by atoms with van der Waals surface area (Å²) >= 11 is 3.48. The number of aryl methyl sites for hydroxylation is 2. The van der Waals surface area contributed by atoms with Gasteiger partial charge in [-0.2, -0.15) is 9.78 Å². The van der Waals surface area contributed by atoms with Gasteiger partial charge in [-0.25, -0.2) is 4.98 Å². The molecule has 0 amide bonds. The monoisotopic (exact) mass is 540 g/mol. The normalized spacial score (nSPS) is 11.8. The summed E-state index contributed by atoms with van der Waals surface area (Å²) in [7, 11) is 0. The lowest BCUT2D eigenvalue weighted by molar-refractivity contribution is 0.675. The van der Waals surface area contributed by atoms with Gasteiger partial charge in [0, 0.05) is 39.6 Å². The first-order valence-corrected chi connectivity index (χ1v) is 13.1. The van der Waals surface area contributed by atoms with E-state index in [2.05, 4.69) is 83.7 Å². The lowest BCUT2D eigenvalue weighted by Crippen LogP contribution is -2.22. The van der Waals surface area contributed by atoms with E-state index in [0.29, 0.717) is 23.1 Å². The van der Waals surface area contributed by atoms with E-state index >= 15 is 0 Å². The first-order valence-electron chi connectivity index (χ1n) is 12.3. The molecule has 0 saturated carbocycles. The van der Waals surface area contributed by atoms with Crippen LogP contribution < -0.4 is 5.56 Å². The molecule has 2 heterocycles. The van der Waals surface area contributed by atoms with Crippen molar-refractivity contribution in [3.05, 3.63) is 110 Å². The van der Waals surface area contributed by atoms with Crippen LogP contribution in [0.2, 0.25) is 0 Å². The van der Waals surface area contributed by atoms with Crippen LogP contribution in [0.5, 0.6) is 0 Å². The van der Waals surface area contributed by atoms with Crippen molar-refractivity contribution in [2.75, 3.05) is 0 Å². The quantitative estimate of drug-likeness (QED) is 0.208. The van der Waals surface area contributed by atoms with Crippen molar-refractivity contribution in [2.24, 2.45) is 5.10 Å². The lowest BCUT2D eigenvalue weighted by atomic mass is 10.1. The van der Waals surface area contributed by atoms with Crippen LogP contribution in [0.1, 0.15) is 48.0 Å². The van der Waals surface area contributed by atoms with Gasteiger partial charge in [0.15, 0.2) is 0 Å². The maximum Gasteiger partial charge on any atom is 0.282 e. The van der Waals surface area contributed by atoms with Gasteiger partial charge in [-0.15, -0.1) is 0 Å². The third-order valence-electron chi connectivity index (χ3n) is 6.67. The average molecular weight is 541 g/mol. The Hall–Kier alpha value is -3.51. The molecule has 0 radical (unpaired) electrons. The molecule has 0 spiro atoms. The van der Waals surface area contributed by atoms with Crippen LogP contribution in [0.4, 0.5) is 0 Å². The smallest absolute Gasteiger partial charge is 0.282 e. The summed E-state index contributed by atoms with van der Waals surface area (Å²) in [6, 6.07) is 22.6. The predicted molar refractivity (Wildman–Crippen MR) is 152 cm³/mol. The molecular formula is C30H29BrN4O. The SMILES string of the molecule is CCCCc1nc2ccc(Br)cc2c(=O)n1N=Cc1c(C)n(Cc2ccc(C)cc2)c2ccccc12. The molecule has 0 N–H and O–H groups in total. The Morgan fingerprint density at radius 3 is 2.56 bits per heavy atom. The number of para-hydroxylation sites is 1. The van der Waals surface area contributed by atoms with Gasteiger partial charge in [-0.3, -0.25) is 4.79 Å². The van der Waals surface area contributed by atoms with E-state index < -0.39 is 0 Å². The molecule has 5 nitrogen and oxygen atoms in total. The molecule has 182 valence electrons. The first-order chi connectivity index (χ1) is 17.5. The molecule has 2 aromatic heterocycles. The van der Waals surface area contributed by atoms with Gasteiger partial charge in [-0.1, -0.05) is 77.3 Å². The molecule has 0 fully saturated rings. The summed E-state index contributed by atoms with van der Waals surface area (Å²) in [5.41, 5.74) is 6.32. The van der Waals surface area contributed by atoms with Crippen molar-refractivity contribution >= 4 is 44.0 Å². The molecule has 5 rings (SSSR count). The van der Waals surface area contributed by atoms with Gasteiger partial charge in [0.1, 0.15) is 5.82 Å². The zero-order valence-electron chi connectivity index (χ0n) is 20.8. The second-order valence-corrected chi connectivity index (χ2v) is 10.2. The molecule has 3 aromatic carbocycles. The number of aromatic nitrogens is 3. The predicted octanol–water partition coefficient (Wildman–Crippen LogP) is 7.00. The Morgan fingerprint density at radius 1 is 1.00 bits per heavy atom. The topological polar surface area (TPSA) is 52.2 Å². The first kappa shape index (κ1) is 24.2. The molecule has 0 unspecified atom stereocenters. The van der Waals surface area contributed by atoms with Gasteiger partial charge >= 0.3 is 0 Å². The van der Waals surface area contributed by atoms with Gasteiger partial charge < -0.3 is 4.57 Å². The van der Waals surface area contributed by atoms with Crippen molar-refractivity contribution in [1.29, 1.82) is 0 Å². The zero-order chi connectivity index (χ0) is 25.2. The second-order valence-electron chi connectivity index (χ2n) is 9.24. The fraction of sp³-hybridized carbons (Fsp3) is 0.233. The van der Waals surface area contributed by atoms with Gasteiger partial charge in [0.2, 0.25) is 0 Å². The van der Waals surface area contributed by atoms with E-state index in [1.165, 1.54) is 15.8 Å². The third-order valence-corrected chi connectivity index (χ3v) is 7.17. The Bertz CT molecular complexity index is 1640. The number of rotatable bonds is 7. The fourth-order valence-electron chi connectivity index (χ4n) is 4.63. The molecule has 5 aromatic rings. The minimum atomic E-state index is -0.148. The van der Waals surface area contributed by atoms with Crippen LogP contribution in [0.3, 0.4) is 0 Å². The number of nitrogens with zero attached hydrogens (tertiary/aromatic N) is 4. The third kappa shape index (κ3) is 4.65. The molecule has 0 aliphatic carbocycles. The van der Waals surface area contributed by atoms with Crippen LogP contribution in [-0.2, 0) is 13.0 Å². The molecule has 0 saturated heterocycles. The highest BCUT2D eigenvalue weighted by atomic mass is 79.9. The summed E-state index contributed by atoms with van der Waals surface area (Å²) in [6.45, 7) is 7.13. The van der Waals surface area contributed by atoms with Crippen molar-refractivity contribution < 1.29 is 0 Å². The number of fused-ring (bicyclic) bond motifs is 2. The Balaban J connectivity index is 1.63. The maximum atomic E-state index is 13.5. The summed E-state index contributed by atoms with van der Waals surface area (Å²) in [5, 5.41) is 6.41. The van der Waals surface area contributed by atoms with Crippen molar-refractivity contribution in [3.8, 4) is 0 Å². The summed E-state index contributed by atoms with van der Waals surface area (Å²) in [5.74, 6) is 0.689. The van der Waals surface area contributed by atoms with Gasteiger partial charge in [0.25, 0.3) is 5.56 Å². The summed E-state index contributed by atoms with van der Waals surface area (Å²) in [6.07, 6.45) is 4.48. The van der Waals surface area contributed by atoms with E-state index in [-0.39, 0.29) is 5.56 Å². The molecule has 0 aliphatic heterocycles. The number of hydrogen-bond acceptors (Lipinski definition) is 3. The Kier molecular flexibility index (Phi) is 6.88. The number of halogens is 1. The van der Waals surface area contributed by atoms with Crippen LogP contribution in [-0.4, -0.2) is 20.4 Å². The van der Waals surface area contributed by atoms with Crippen LogP contribution in [0.15, 0.2) is 81.1 Å². The van der Waals surface area contributed by atoms with Crippen LogP contribution in [0, 0.1) is 13.8 Å². The van der Waals surface area contributed by atoms with E-state index in [0.717, 1.165) is 46.0 Å². The minimum Gasteiger partial charge on any atom is -0.340 e. The standard InChI is InChI=1S/C30H29BrN4O/c1-4-5-10-29-33-27-16-15-23(31)17-25(27)30(36)35(29)32-18-26-21(3)34(28-9-7-6-8-24(26)28)19-22-13-11-20(2)12-14-22/h6-9,11-18H,4-5,10,19H2,1-3H3. The van der Waals surface area contributed by atoms with E-state index in [9.17, 15) is 4.79 Å². The Morgan fingerprint density at radius 2 is 1.78 bits per heavy atom. The van der Waals surface area contributed by atoms with Gasteiger partial charge in [0.05, 0.1) is 17.1 Å². The van der Waals surface area contributed by atoms with Crippen LogP contribution in [0.25, 0.3) is 21.8 Å². The highest BCUT2D eigenvalue weighted by Gasteiger charge is 2.15. The highest BCUT2D eigenvalue weighted by Crippen LogP contribution is 2.26. The lowest BCUT2D eigenvalue weighted by Gasteiger charge is -2.10. The molecule has 0 atom stereocenters. The molecule has 6 heteroatoms. The summed E-state index contributed by atoms with van der Waals surface area (Å²) < 4.78 is 4.65. The number of unbranched alkanes of at least 4 members (excludes halogenated alkanes) is 1. The minimum absolute atomic E-state index is 0.148. The number of benzene rings is 3. The van der Waals surface area contributed by atoms with Crippen LogP contribution >= 0.6 is 15.9 Å². The summed E-state index contributed by atoms with van der Waals surface area (Å²) in [4.78, 5) is 18.3. The average Bonchev–Trinajstić information content (AvgIpc) is 3.14. The van der Waals surface area contributed by atoms with Crippen molar-refractivity contribution in [2.45, 2.75) is 46.6 Å². The van der Waals surface area contributed by atoms with Crippen molar-refractivity contribution in [3.63, 3.8) is 0 Å². The highest BCUT2D eigenvalue weighted by molar-refractivity contribution is 9.10. The molecule has 0 bridgehead atoms. The zero-order valence-corrected chi connectivity index (χ0v) is 22.4. The Labute approximate surface area is 219 Å². The fourth-order valence-corrected chi connectivity index (χ4v) is 4.99. The molecule has 0 aliphatic rings. The van der Waals surface area contributed by atoms with E-state index in [4.69, 9.17) is 10.1 Å². The van der Waals surface area contributed by atoms with E-state index in [1.807, 2.05) is 30.5 Å². The number of hydrogen-bond donors (Lipinski definition) is 0. The van der Waals surface area contributed by atoms with Crippen molar-refractivity contribution in [1.82, 2.24) is 14.2 Å².